The maximum absolute atomic E-state index is 13.0. The molecule has 3 rings (SSSR count). The Labute approximate surface area is 146 Å². The molecule has 0 bridgehead atoms. The molecule has 1 aliphatic carbocycles. The van der Waals surface area contributed by atoms with Gasteiger partial charge in [0.1, 0.15) is 23.8 Å². The standard InChI is InChI=1S/C18H23FN2O4/c19-14-4-6-15(7-5-14)24-12-18(10-16(20)22)11-21(8-9-25-18)17(23)13-2-1-3-13/h4-7,13H,1-3,8-12H2,(H2,20,22)/t18-/m0/s1. The first-order valence-corrected chi connectivity index (χ1v) is 8.57. The number of carbonyl (C=O) groups excluding carboxylic acids is 2. The van der Waals surface area contributed by atoms with Gasteiger partial charge in [0.15, 0.2) is 0 Å². The van der Waals surface area contributed by atoms with Crippen LogP contribution in [-0.2, 0) is 14.3 Å². The second-order valence-corrected chi connectivity index (χ2v) is 6.80. The molecular weight excluding hydrogens is 327 g/mol. The molecule has 136 valence electrons. The molecule has 0 spiro atoms. The summed E-state index contributed by atoms with van der Waals surface area (Å²) >= 11 is 0. The highest BCUT2D eigenvalue weighted by Gasteiger charge is 2.42. The van der Waals surface area contributed by atoms with Gasteiger partial charge in [-0.25, -0.2) is 4.39 Å². The number of halogens is 1. The Morgan fingerprint density at radius 2 is 2.04 bits per heavy atom. The molecule has 25 heavy (non-hydrogen) atoms. The number of carbonyl (C=O) groups is 2. The van der Waals surface area contributed by atoms with Crippen LogP contribution in [0.4, 0.5) is 4.39 Å². The van der Waals surface area contributed by atoms with Gasteiger partial charge in [-0.2, -0.15) is 0 Å². The first kappa shape index (κ1) is 17.7. The summed E-state index contributed by atoms with van der Waals surface area (Å²) in [5.74, 6) is -0.199. The molecule has 0 aromatic heterocycles. The van der Waals surface area contributed by atoms with Gasteiger partial charge in [-0.15, -0.1) is 0 Å². The number of nitrogens with zero attached hydrogens (tertiary/aromatic N) is 1. The number of hydrogen-bond acceptors (Lipinski definition) is 4. The average Bonchev–Trinajstić information content (AvgIpc) is 2.52. The summed E-state index contributed by atoms with van der Waals surface area (Å²) in [4.78, 5) is 25.8. The third-order valence-electron chi connectivity index (χ3n) is 4.83. The number of ether oxygens (including phenoxy) is 2. The highest BCUT2D eigenvalue weighted by Crippen LogP contribution is 2.31. The van der Waals surface area contributed by atoms with E-state index in [2.05, 4.69) is 0 Å². The molecule has 2 N–H and O–H groups in total. The van der Waals surface area contributed by atoms with Crippen molar-refractivity contribution in [2.75, 3.05) is 26.3 Å². The van der Waals surface area contributed by atoms with Gasteiger partial charge in [0, 0.05) is 12.5 Å². The molecule has 2 aliphatic rings. The van der Waals surface area contributed by atoms with Gasteiger partial charge in [0.25, 0.3) is 0 Å². The van der Waals surface area contributed by atoms with Crippen LogP contribution in [0.1, 0.15) is 25.7 Å². The zero-order valence-electron chi connectivity index (χ0n) is 14.1. The van der Waals surface area contributed by atoms with Crippen LogP contribution in [0.25, 0.3) is 0 Å². The van der Waals surface area contributed by atoms with Crippen LogP contribution in [0.3, 0.4) is 0 Å². The van der Waals surface area contributed by atoms with Crippen LogP contribution in [0.2, 0.25) is 0 Å². The lowest BCUT2D eigenvalue weighted by Gasteiger charge is -2.43. The van der Waals surface area contributed by atoms with E-state index in [1.807, 2.05) is 0 Å². The van der Waals surface area contributed by atoms with Crippen molar-refractivity contribution < 1.29 is 23.5 Å². The zero-order chi connectivity index (χ0) is 17.9. The normalized spacial score (nSPS) is 23.8. The fourth-order valence-electron chi connectivity index (χ4n) is 3.25. The van der Waals surface area contributed by atoms with Crippen LogP contribution in [0, 0.1) is 11.7 Å². The Bertz CT molecular complexity index is 632. The Kier molecular flexibility index (Phi) is 5.22. The van der Waals surface area contributed by atoms with Crippen LogP contribution >= 0.6 is 0 Å². The summed E-state index contributed by atoms with van der Waals surface area (Å²) in [6.45, 7) is 1.17. The van der Waals surface area contributed by atoms with Gasteiger partial charge in [-0.1, -0.05) is 6.42 Å². The summed E-state index contributed by atoms with van der Waals surface area (Å²) in [6, 6.07) is 5.61. The zero-order valence-corrected chi connectivity index (χ0v) is 14.1. The van der Waals surface area contributed by atoms with Crippen LogP contribution in [0.15, 0.2) is 24.3 Å². The van der Waals surface area contributed by atoms with Crippen molar-refractivity contribution in [2.45, 2.75) is 31.3 Å². The van der Waals surface area contributed by atoms with Crippen LogP contribution in [0.5, 0.6) is 5.75 Å². The quantitative estimate of drug-likeness (QED) is 0.842. The third-order valence-corrected chi connectivity index (χ3v) is 4.83. The molecule has 1 heterocycles. The van der Waals surface area contributed by atoms with Crippen molar-refractivity contribution in [1.29, 1.82) is 0 Å². The molecular formula is C18H23FN2O4. The average molecular weight is 350 g/mol. The summed E-state index contributed by atoms with van der Waals surface area (Å²) in [6.07, 6.45) is 2.89. The number of benzene rings is 1. The molecule has 7 heteroatoms. The van der Waals surface area contributed by atoms with Crippen molar-refractivity contribution in [1.82, 2.24) is 4.90 Å². The van der Waals surface area contributed by atoms with E-state index < -0.39 is 11.5 Å². The first-order valence-electron chi connectivity index (χ1n) is 8.57. The summed E-state index contributed by atoms with van der Waals surface area (Å²) in [7, 11) is 0. The van der Waals surface area contributed by atoms with Crippen molar-refractivity contribution in [3.8, 4) is 5.75 Å². The molecule has 2 fully saturated rings. The third kappa shape index (κ3) is 4.28. The van der Waals surface area contributed by atoms with Gasteiger partial charge in [0.05, 0.1) is 19.6 Å². The molecule has 2 amide bonds. The molecule has 1 aromatic rings. The van der Waals surface area contributed by atoms with Crippen LogP contribution in [-0.4, -0.2) is 48.6 Å². The van der Waals surface area contributed by atoms with E-state index in [-0.39, 0.29) is 37.2 Å². The number of rotatable bonds is 6. The van der Waals surface area contributed by atoms with E-state index >= 15 is 0 Å². The molecule has 0 radical (unpaired) electrons. The van der Waals surface area contributed by atoms with E-state index in [0.717, 1.165) is 19.3 Å². The number of primary amides is 1. The predicted molar refractivity (Wildman–Crippen MR) is 88.3 cm³/mol. The van der Waals surface area contributed by atoms with Gasteiger partial charge < -0.3 is 20.1 Å². The molecule has 1 saturated heterocycles. The van der Waals surface area contributed by atoms with Crippen molar-refractivity contribution in [3.05, 3.63) is 30.1 Å². The van der Waals surface area contributed by atoms with Crippen molar-refractivity contribution >= 4 is 11.8 Å². The molecule has 0 unspecified atom stereocenters. The lowest BCUT2D eigenvalue weighted by atomic mass is 9.83. The number of hydrogen-bond donors (Lipinski definition) is 1. The molecule has 1 aromatic carbocycles. The molecule has 1 aliphatic heterocycles. The van der Waals surface area contributed by atoms with E-state index in [4.69, 9.17) is 15.2 Å². The SMILES string of the molecule is NC(=O)C[C@@]1(COc2ccc(F)cc2)CN(C(=O)C2CCC2)CCO1. The van der Waals surface area contributed by atoms with Gasteiger partial charge in [-0.3, -0.25) is 9.59 Å². The molecule has 6 nitrogen and oxygen atoms in total. The maximum atomic E-state index is 13.0. The van der Waals surface area contributed by atoms with Gasteiger partial charge in [0.2, 0.25) is 11.8 Å². The summed E-state index contributed by atoms with van der Waals surface area (Å²) in [5.41, 5.74) is 4.41. The van der Waals surface area contributed by atoms with E-state index in [1.54, 1.807) is 4.90 Å². The van der Waals surface area contributed by atoms with E-state index in [9.17, 15) is 14.0 Å². The Hall–Kier alpha value is -2.15. The highest BCUT2D eigenvalue weighted by atomic mass is 19.1. The lowest BCUT2D eigenvalue weighted by molar-refractivity contribution is -0.166. The minimum Gasteiger partial charge on any atom is -0.490 e. The second kappa shape index (κ2) is 7.39. The topological polar surface area (TPSA) is 81.9 Å². The molecule has 1 saturated carbocycles. The Morgan fingerprint density at radius 3 is 2.64 bits per heavy atom. The highest BCUT2D eigenvalue weighted by molar-refractivity contribution is 5.80. The van der Waals surface area contributed by atoms with Gasteiger partial charge in [-0.05, 0) is 37.1 Å². The Balaban J connectivity index is 1.69. The Morgan fingerprint density at radius 1 is 1.32 bits per heavy atom. The second-order valence-electron chi connectivity index (χ2n) is 6.80. The smallest absolute Gasteiger partial charge is 0.225 e. The van der Waals surface area contributed by atoms with Gasteiger partial charge >= 0.3 is 0 Å². The number of nitrogens with two attached hydrogens (primary N) is 1. The lowest BCUT2D eigenvalue weighted by Crippen LogP contribution is -2.59. The van der Waals surface area contributed by atoms with E-state index in [0.29, 0.717) is 18.9 Å². The first-order chi connectivity index (χ1) is 12.0. The minimum atomic E-state index is -0.974. The van der Waals surface area contributed by atoms with Crippen LogP contribution < -0.4 is 10.5 Å². The van der Waals surface area contributed by atoms with Crippen molar-refractivity contribution in [3.63, 3.8) is 0 Å². The van der Waals surface area contributed by atoms with E-state index in [1.165, 1.54) is 24.3 Å². The minimum absolute atomic E-state index is 0.0390. The largest absolute Gasteiger partial charge is 0.490 e. The summed E-state index contributed by atoms with van der Waals surface area (Å²) in [5, 5.41) is 0. The maximum Gasteiger partial charge on any atom is 0.225 e. The monoisotopic (exact) mass is 350 g/mol. The van der Waals surface area contributed by atoms with Crippen molar-refractivity contribution in [2.24, 2.45) is 11.7 Å². The summed E-state index contributed by atoms with van der Waals surface area (Å²) < 4.78 is 24.5. The molecule has 1 atom stereocenters. The fraction of sp³-hybridized carbons (Fsp3) is 0.556. The number of morpholine rings is 1. The predicted octanol–water partition coefficient (Wildman–Crippen LogP) is 1.48. The number of amides is 2. The fourth-order valence-corrected chi connectivity index (χ4v) is 3.25.